The number of carbonyl (C=O) groups excluding carboxylic acids is 2. The molecule has 6 aromatic carbocycles. The fourth-order valence-electron chi connectivity index (χ4n) is 8.93. The molecule has 0 spiro atoms. The van der Waals surface area contributed by atoms with Crippen LogP contribution in [0.5, 0.6) is 0 Å². The molecule has 0 saturated heterocycles. The molecule has 0 amide bonds. The summed E-state index contributed by atoms with van der Waals surface area (Å²) in [6.07, 6.45) is 15.4. The molecule has 1 aliphatic rings. The Morgan fingerprint density at radius 3 is 1.11 bits per heavy atom. The van der Waals surface area contributed by atoms with E-state index in [1.807, 2.05) is 13.8 Å². The summed E-state index contributed by atoms with van der Waals surface area (Å²) in [7, 11) is 0. The first kappa shape index (κ1) is 45.4. The highest BCUT2D eigenvalue weighted by molar-refractivity contribution is 5.82. The summed E-state index contributed by atoms with van der Waals surface area (Å²) in [5, 5.41) is 0. The molecule has 6 nitrogen and oxygen atoms in total. The summed E-state index contributed by atoms with van der Waals surface area (Å²) in [5.41, 5.74) is 14.2. The van der Waals surface area contributed by atoms with Gasteiger partial charge in [0.2, 0.25) is 0 Å². The Balaban J connectivity index is 1.13. The Morgan fingerprint density at radius 2 is 0.781 bits per heavy atom. The zero-order valence-corrected chi connectivity index (χ0v) is 38.0. The van der Waals surface area contributed by atoms with E-state index in [0.717, 1.165) is 72.6 Å². The normalized spacial score (nSPS) is 13.5. The van der Waals surface area contributed by atoms with Crippen LogP contribution < -0.4 is 9.80 Å². The highest BCUT2D eigenvalue weighted by Gasteiger charge is 2.36. The molecule has 6 heteroatoms. The molecule has 1 saturated carbocycles. The predicted molar refractivity (Wildman–Crippen MR) is 264 cm³/mol. The van der Waals surface area contributed by atoms with Crippen LogP contribution in [-0.4, -0.2) is 25.2 Å². The standard InChI is InChI=1S/C58H62N2O4/c1-5-12-56(61)63-42-10-14-46-20-32-52(33-21-46)59(50-28-16-44(3)17-29-50)54-36-24-48(25-37-54)58(40-8-7-9-41-58)49-26-38-55(39-27-49)60(51-30-18-45(4)19-31-51)53-34-22-47(23-35-53)15-11-43-64-57(62)13-6-2/h5-6,12-13,16-39H,7-11,14-15,40-43H2,1-4H3/b12-5+,13-6+. The number of ether oxygens (including phenoxy) is 2. The second kappa shape index (κ2) is 22.1. The summed E-state index contributed by atoms with van der Waals surface area (Å²) in [4.78, 5) is 28.1. The number of hydrogen-bond donors (Lipinski definition) is 0. The zero-order valence-electron chi connectivity index (χ0n) is 38.0. The van der Waals surface area contributed by atoms with Gasteiger partial charge in [-0.05, 0) is 161 Å². The number of rotatable bonds is 18. The minimum absolute atomic E-state index is 0.0791. The van der Waals surface area contributed by atoms with Gasteiger partial charge >= 0.3 is 11.9 Å². The first-order chi connectivity index (χ1) is 31.3. The topological polar surface area (TPSA) is 59.1 Å². The molecule has 7 rings (SSSR count). The number of allylic oxidation sites excluding steroid dienone is 2. The van der Waals surface area contributed by atoms with E-state index in [2.05, 4.69) is 169 Å². The van der Waals surface area contributed by atoms with Crippen LogP contribution in [0, 0.1) is 13.8 Å². The second-order valence-electron chi connectivity index (χ2n) is 17.0. The van der Waals surface area contributed by atoms with Crippen molar-refractivity contribution in [1.82, 2.24) is 0 Å². The predicted octanol–water partition coefficient (Wildman–Crippen LogP) is 14.6. The number of nitrogens with zero attached hydrogens (tertiary/aromatic N) is 2. The third kappa shape index (κ3) is 11.5. The van der Waals surface area contributed by atoms with Crippen LogP contribution in [0.3, 0.4) is 0 Å². The van der Waals surface area contributed by atoms with Crippen molar-refractivity contribution < 1.29 is 19.1 Å². The highest BCUT2D eigenvalue weighted by Crippen LogP contribution is 2.47. The van der Waals surface area contributed by atoms with Gasteiger partial charge in [0.15, 0.2) is 0 Å². The molecule has 0 bridgehead atoms. The summed E-state index contributed by atoms with van der Waals surface area (Å²) in [5.74, 6) is -0.583. The highest BCUT2D eigenvalue weighted by atomic mass is 16.5. The van der Waals surface area contributed by atoms with Gasteiger partial charge in [0.1, 0.15) is 0 Å². The van der Waals surface area contributed by atoms with E-state index in [9.17, 15) is 9.59 Å². The lowest BCUT2D eigenvalue weighted by Gasteiger charge is -2.39. The molecule has 6 aromatic rings. The molecular weight excluding hydrogens is 789 g/mol. The summed E-state index contributed by atoms with van der Waals surface area (Å²) in [6, 6.07) is 53.7. The van der Waals surface area contributed by atoms with Crippen molar-refractivity contribution in [2.24, 2.45) is 0 Å². The monoisotopic (exact) mass is 850 g/mol. The maximum absolute atomic E-state index is 11.7. The molecule has 0 radical (unpaired) electrons. The Hall–Kier alpha value is -6.66. The fraction of sp³-hybridized carbons (Fsp3) is 0.276. The molecule has 1 aliphatic carbocycles. The largest absolute Gasteiger partial charge is 0.463 e. The number of esters is 2. The first-order valence-corrected chi connectivity index (χ1v) is 23.0. The lowest BCUT2D eigenvalue weighted by atomic mass is 9.65. The van der Waals surface area contributed by atoms with Gasteiger partial charge < -0.3 is 19.3 Å². The average molecular weight is 851 g/mol. The van der Waals surface area contributed by atoms with Crippen LogP contribution in [0.4, 0.5) is 34.1 Å². The second-order valence-corrected chi connectivity index (χ2v) is 17.0. The van der Waals surface area contributed by atoms with E-state index in [1.54, 1.807) is 12.2 Å². The smallest absolute Gasteiger partial charge is 0.330 e. The SMILES string of the molecule is C/C=C/C(=O)OCCCc1ccc(N(c2ccc(C)cc2)c2ccc(C3(c4ccc(N(c5ccc(C)cc5)c5ccc(CCCOC(=O)/C=C/C)cc5)cc4)CCCCC3)cc2)cc1. The molecule has 0 aliphatic heterocycles. The number of anilines is 6. The van der Waals surface area contributed by atoms with Crippen molar-refractivity contribution in [2.45, 2.75) is 90.9 Å². The maximum atomic E-state index is 11.7. The van der Waals surface area contributed by atoms with Gasteiger partial charge in [-0.15, -0.1) is 0 Å². The first-order valence-electron chi connectivity index (χ1n) is 23.0. The quantitative estimate of drug-likeness (QED) is 0.0488. The van der Waals surface area contributed by atoms with Gasteiger partial charge in [0, 0.05) is 51.7 Å². The van der Waals surface area contributed by atoms with Crippen molar-refractivity contribution in [3.05, 3.63) is 203 Å². The van der Waals surface area contributed by atoms with E-state index in [1.165, 1.54) is 64.8 Å². The Morgan fingerprint density at radius 1 is 0.469 bits per heavy atom. The molecule has 0 N–H and O–H groups in total. The van der Waals surface area contributed by atoms with Gasteiger partial charge in [0.05, 0.1) is 13.2 Å². The van der Waals surface area contributed by atoms with Crippen LogP contribution in [0.2, 0.25) is 0 Å². The molecule has 64 heavy (non-hydrogen) atoms. The number of benzene rings is 6. The number of carbonyl (C=O) groups is 2. The van der Waals surface area contributed by atoms with Crippen molar-refractivity contribution in [3.63, 3.8) is 0 Å². The average Bonchev–Trinajstić information content (AvgIpc) is 3.32. The lowest BCUT2D eigenvalue weighted by molar-refractivity contribution is -0.138. The molecule has 0 heterocycles. The Kier molecular flexibility index (Phi) is 15.7. The summed E-state index contributed by atoms with van der Waals surface area (Å²) in [6.45, 7) is 8.68. The molecule has 0 unspecified atom stereocenters. The summed E-state index contributed by atoms with van der Waals surface area (Å²) < 4.78 is 10.6. The van der Waals surface area contributed by atoms with E-state index >= 15 is 0 Å². The van der Waals surface area contributed by atoms with Gasteiger partial charge in [-0.3, -0.25) is 0 Å². The fourth-order valence-corrected chi connectivity index (χ4v) is 8.93. The van der Waals surface area contributed by atoms with Crippen LogP contribution in [0.1, 0.15) is 92.2 Å². The number of hydrogen-bond acceptors (Lipinski definition) is 6. The van der Waals surface area contributed by atoms with Crippen LogP contribution >= 0.6 is 0 Å². The van der Waals surface area contributed by atoms with Gasteiger partial charge in [-0.25, -0.2) is 9.59 Å². The molecule has 0 aromatic heterocycles. The van der Waals surface area contributed by atoms with Crippen molar-refractivity contribution >= 4 is 46.1 Å². The van der Waals surface area contributed by atoms with Crippen molar-refractivity contribution in [2.75, 3.05) is 23.0 Å². The van der Waals surface area contributed by atoms with Crippen LogP contribution in [0.15, 0.2) is 170 Å². The number of aryl methyl sites for hydroxylation is 4. The van der Waals surface area contributed by atoms with E-state index in [4.69, 9.17) is 9.47 Å². The van der Waals surface area contributed by atoms with E-state index < -0.39 is 0 Å². The van der Waals surface area contributed by atoms with Gasteiger partial charge in [-0.1, -0.05) is 115 Å². The molecule has 0 atom stereocenters. The van der Waals surface area contributed by atoms with Gasteiger partial charge in [-0.2, -0.15) is 0 Å². The molecular formula is C58H62N2O4. The minimum atomic E-state index is -0.291. The van der Waals surface area contributed by atoms with E-state index in [0.29, 0.717) is 13.2 Å². The van der Waals surface area contributed by atoms with Crippen LogP contribution in [0.25, 0.3) is 0 Å². The van der Waals surface area contributed by atoms with Crippen molar-refractivity contribution in [3.8, 4) is 0 Å². The zero-order chi connectivity index (χ0) is 44.7. The summed E-state index contributed by atoms with van der Waals surface area (Å²) >= 11 is 0. The van der Waals surface area contributed by atoms with Crippen LogP contribution in [-0.2, 0) is 37.3 Å². The minimum Gasteiger partial charge on any atom is -0.463 e. The Bertz CT molecular complexity index is 2290. The third-order valence-electron chi connectivity index (χ3n) is 12.4. The van der Waals surface area contributed by atoms with E-state index in [-0.39, 0.29) is 17.4 Å². The molecule has 1 fully saturated rings. The van der Waals surface area contributed by atoms with Crippen molar-refractivity contribution in [1.29, 1.82) is 0 Å². The third-order valence-corrected chi connectivity index (χ3v) is 12.4. The van der Waals surface area contributed by atoms with Gasteiger partial charge in [0.25, 0.3) is 0 Å². The lowest BCUT2D eigenvalue weighted by Crippen LogP contribution is -2.30. The maximum Gasteiger partial charge on any atom is 0.330 e. The molecule has 328 valence electrons. The Labute approximate surface area is 380 Å².